The van der Waals surface area contributed by atoms with E-state index < -0.39 is 0 Å². The fourth-order valence-corrected chi connectivity index (χ4v) is 3.27. The summed E-state index contributed by atoms with van der Waals surface area (Å²) in [4.78, 5) is 0. The molecular formula is C18H25N. The van der Waals surface area contributed by atoms with E-state index in [2.05, 4.69) is 48.7 Å². The highest BCUT2D eigenvalue weighted by Crippen LogP contribution is 2.37. The number of hydrogen-bond acceptors (Lipinski definition) is 1. The predicted octanol–water partition coefficient (Wildman–Crippen LogP) is 4.19. The largest absolute Gasteiger partial charge is 0.314 e. The molecule has 1 aromatic rings. The van der Waals surface area contributed by atoms with Gasteiger partial charge in [0, 0.05) is 6.04 Å². The Hall–Kier alpha value is -1.08. The molecule has 0 bridgehead atoms. The van der Waals surface area contributed by atoms with E-state index >= 15 is 0 Å². The Morgan fingerprint density at radius 2 is 1.89 bits per heavy atom. The predicted molar refractivity (Wildman–Crippen MR) is 81.4 cm³/mol. The number of nitrogens with one attached hydrogen (secondary N) is 1. The summed E-state index contributed by atoms with van der Waals surface area (Å²) in [5, 5.41) is 3.77. The molecule has 1 fully saturated rings. The first kappa shape index (κ1) is 12.9. The fourth-order valence-electron chi connectivity index (χ4n) is 3.27. The molecule has 1 aromatic carbocycles. The quantitative estimate of drug-likeness (QED) is 0.796. The molecule has 1 N–H and O–H groups in total. The van der Waals surface area contributed by atoms with Crippen molar-refractivity contribution in [3.8, 4) is 0 Å². The molecule has 1 unspecified atom stereocenters. The number of benzene rings is 1. The molecule has 102 valence electrons. The summed E-state index contributed by atoms with van der Waals surface area (Å²) in [5.41, 5.74) is 2.90. The molecule has 19 heavy (non-hydrogen) atoms. The van der Waals surface area contributed by atoms with Crippen LogP contribution in [0.4, 0.5) is 0 Å². The van der Waals surface area contributed by atoms with Crippen molar-refractivity contribution in [2.24, 2.45) is 5.92 Å². The Bertz CT molecular complexity index is 426. The molecule has 1 atom stereocenters. The second-order valence-electron chi connectivity index (χ2n) is 6.33. The Labute approximate surface area is 117 Å². The molecule has 0 saturated heterocycles. The second kappa shape index (κ2) is 5.92. The van der Waals surface area contributed by atoms with Gasteiger partial charge in [-0.25, -0.2) is 0 Å². The van der Waals surface area contributed by atoms with Crippen molar-refractivity contribution in [1.82, 2.24) is 5.32 Å². The number of hydrogen-bond donors (Lipinski definition) is 1. The van der Waals surface area contributed by atoms with Crippen LogP contribution in [0.5, 0.6) is 0 Å². The van der Waals surface area contributed by atoms with Crippen LogP contribution in [-0.4, -0.2) is 12.6 Å². The maximum absolute atomic E-state index is 3.77. The van der Waals surface area contributed by atoms with E-state index in [1.165, 1.54) is 49.8 Å². The maximum atomic E-state index is 3.77. The Morgan fingerprint density at radius 1 is 1.11 bits per heavy atom. The molecule has 0 radical (unpaired) electrons. The van der Waals surface area contributed by atoms with Crippen LogP contribution in [0.15, 0.2) is 36.4 Å². The summed E-state index contributed by atoms with van der Waals surface area (Å²) >= 11 is 0. The van der Waals surface area contributed by atoms with Gasteiger partial charge in [0.15, 0.2) is 0 Å². The van der Waals surface area contributed by atoms with Gasteiger partial charge >= 0.3 is 0 Å². The molecule has 2 aliphatic carbocycles. The van der Waals surface area contributed by atoms with Crippen LogP contribution in [0.2, 0.25) is 0 Å². The highest BCUT2D eigenvalue weighted by Gasteiger charge is 2.30. The number of aryl methyl sites for hydroxylation is 1. The van der Waals surface area contributed by atoms with Crippen molar-refractivity contribution in [2.75, 3.05) is 6.54 Å². The summed E-state index contributed by atoms with van der Waals surface area (Å²) in [6, 6.07) is 9.86. The molecule has 1 nitrogen and oxygen atoms in total. The highest BCUT2D eigenvalue weighted by molar-refractivity contribution is 5.26. The molecule has 1 heteroatoms. The first-order valence-corrected chi connectivity index (χ1v) is 7.76. The lowest BCUT2D eigenvalue weighted by Crippen LogP contribution is -2.42. The van der Waals surface area contributed by atoms with E-state index in [0.717, 1.165) is 17.9 Å². The van der Waals surface area contributed by atoms with E-state index in [1.54, 1.807) is 0 Å². The molecule has 0 aromatic heterocycles. The normalized spacial score (nSPS) is 30.1. The van der Waals surface area contributed by atoms with Gasteiger partial charge in [-0.1, -0.05) is 42.0 Å². The summed E-state index contributed by atoms with van der Waals surface area (Å²) in [5.74, 6) is 1.67. The van der Waals surface area contributed by atoms with Crippen molar-refractivity contribution in [2.45, 2.75) is 51.0 Å². The molecule has 2 aliphatic rings. The third-order valence-corrected chi connectivity index (χ3v) is 4.76. The van der Waals surface area contributed by atoms with Gasteiger partial charge in [-0.2, -0.15) is 0 Å². The fraction of sp³-hybridized carbons (Fsp3) is 0.556. The van der Waals surface area contributed by atoms with Crippen LogP contribution < -0.4 is 5.32 Å². The van der Waals surface area contributed by atoms with E-state index in [9.17, 15) is 0 Å². The highest BCUT2D eigenvalue weighted by atomic mass is 14.9. The van der Waals surface area contributed by atoms with Crippen molar-refractivity contribution in [3.63, 3.8) is 0 Å². The van der Waals surface area contributed by atoms with E-state index in [-0.39, 0.29) is 0 Å². The van der Waals surface area contributed by atoms with E-state index in [4.69, 9.17) is 0 Å². The summed E-state index contributed by atoms with van der Waals surface area (Å²) < 4.78 is 0. The Balaban J connectivity index is 1.40. The molecule has 1 saturated carbocycles. The maximum Gasteiger partial charge on any atom is 0.00788 e. The lowest BCUT2D eigenvalue weighted by Gasteiger charge is -2.37. The lowest BCUT2D eigenvalue weighted by atomic mass is 9.75. The van der Waals surface area contributed by atoms with E-state index in [1.807, 2.05) is 0 Å². The Morgan fingerprint density at radius 3 is 2.58 bits per heavy atom. The second-order valence-corrected chi connectivity index (χ2v) is 6.33. The van der Waals surface area contributed by atoms with Crippen molar-refractivity contribution in [3.05, 3.63) is 47.5 Å². The summed E-state index contributed by atoms with van der Waals surface area (Å²) in [6.07, 6.45) is 11.3. The van der Waals surface area contributed by atoms with Crippen LogP contribution >= 0.6 is 0 Å². The average Bonchev–Trinajstić information content (AvgIpc) is 2.40. The van der Waals surface area contributed by atoms with Crippen molar-refractivity contribution in [1.29, 1.82) is 0 Å². The zero-order valence-electron chi connectivity index (χ0n) is 11.9. The molecule has 3 rings (SSSR count). The van der Waals surface area contributed by atoms with Gasteiger partial charge in [0.2, 0.25) is 0 Å². The van der Waals surface area contributed by atoms with Gasteiger partial charge < -0.3 is 5.32 Å². The smallest absolute Gasteiger partial charge is 0.00788 e. The average molecular weight is 255 g/mol. The number of allylic oxidation sites excluding steroid dienone is 2. The van der Waals surface area contributed by atoms with Crippen LogP contribution in [0, 0.1) is 12.8 Å². The van der Waals surface area contributed by atoms with Crippen LogP contribution in [-0.2, 0) is 0 Å². The van der Waals surface area contributed by atoms with Gasteiger partial charge in [0.25, 0.3) is 0 Å². The van der Waals surface area contributed by atoms with Crippen LogP contribution in [0.3, 0.4) is 0 Å². The molecule has 0 aliphatic heterocycles. The van der Waals surface area contributed by atoms with Gasteiger partial charge in [0.05, 0.1) is 0 Å². The number of rotatable bonds is 4. The van der Waals surface area contributed by atoms with Crippen molar-refractivity contribution >= 4 is 0 Å². The minimum Gasteiger partial charge on any atom is -0.314 e. The summed E-state index contributed by atoms with van der Waals surface area (Å²) in [7, 11) is 0. The molecule has 0 amide bonds. The first-order valence-electron chi connectivity index (χ1n) is 7.76. The monoisotopic (exact) mass is 255 g/mol. The van der Waals surface area contributed by atoms with Gasteiger partial charge in [-0.15, -0.1) is 0 Å². The van der Waals surface area contributed by atoms with E-state index in [0.29, 0.717) is 0 Å². The van der Waals surface area contributed by atoms with Gasteiger partial charge in [-0.3, -0.25) is 0 Å². The zero-order chi connectivity index (χ0) is 13.1. The van der Waals surface area contributed by atoms with Gasteiger partial charge in [0.1, 0.15) is 0 Å². The summed E-state index contributed by atoms with van der Waals surface area (Å²) in [6.45, 7) is 3.38. The minimum atomic E-state index is 0.761. The lowest BCUT2D eigenvalue weighted by molar-refractivity contribution is 0.271. The van der Waals surface area contributed by atoms with Crippen LogP contribution in [0.25, 0.3) is 0 Å². The molecule has 0 heterocycles. The zero-order valence-corrected chi connectivity index (χ0v) is 11.9. The van der Waals surface area contributed by atoms with Gasteiger partial charge in [-0.05, 0) is 63.0 Å². The third-order valence-electron chi connectivity index (χ3n) is 4.76. The molecular weight excluding hydrogens is 230 g/mol. The van der Waals surface area contributed by atoms with Crippen molar-refractivity contribution < 1.29 is 0 Å². The standard InChI is InChI=1S/C18H25N/c1-14-7-9-16(10-8-14)17-11-18(12-17)19-13-15-5-3-2-4-6-15/h2-3,7-10,15,17-19H,4-6,11-13H2,1H3. The topological polar surface area (TPSA) is 12.0 Å². The van der Waals surface area contributed by atoms with Crippen LogP contribution in [0.1, 0.15) is 49.1 Å². The molecule has 0 spiro atoms. The third kappa shape index (κ3) is 3.27. The SMILES string of the molecule is Cc1ccc(C2CC(NCC3CC=CCC3)C2)cc1. The first-order chi connectivity index (χ1) is 9.31. The Kier molecular flexibility index (Phi) is 4.03. The minimum absolute atomic E-state index is 0.761.